The van der Waals surface area contributed by atoms with E-state index in [1.54, 1.807) is 6.20 Å². The molecule has 1 saturated heterocycles. The van der Waals surface area contributed by atoms with Crippen molar-refractivity contribution in [2.45, 2.75) is 6.42 Å². The Kier molecular flexibility index (Phi) is 4.66. The number of para-hydroxylation sites is 1. The van der Waals surface area contributed by atoms with Crippen molar-refractivity contribution in [2.75, 3.05) is 50.1 Å². The van der Waals surface area contributed by atoms with E-state index in [0.29, 0.717) is 19.5 Å². The zero-order valence-corrected chi connectivity index (χ0v) is 15.7. The molecule has 0 unspecified atom stereocenters. The van der Waals surface area contributed by atoms with Gasteiger partial charge in [0.05, 0.1) is 18.3 Å². The minimum Gasteiger partial charge on any atom is -0.376 e. The van der Waals surface area contributed by atoms with E-state index >= 15 is 0 Å². The van der Waals surface area contributed by atoms with Crippen LogP contribution in [0.25, 0.3) is 10.9 Å². The number of anilines is 2. The fourth-order valence-corrected chi connectivity index (χ4v) is 3.48. The van der Waals surface area contributed by atoms with Crippen LogP contribution >= 0.6 is 0 Å². The summed E-state index contributed by atoms with van der Waals surface area (Å²) in [6, 6.07) is 10.1. The largest absolute Gasteiger partial charge is 0.376 e. The maximum atomic E-state index is 12.8. The van der Waals surface area contributed by atoms with Crippen LogP contribution in [-0.2, 0) is 11.2 Å². The van der Waals surface area contributed by atoms with Crippen molar-refractivity contribution in [3.8, 4) is 0 Å². The van der Waals surface area contributed by atoms with Crippen LogP contribution in [-0.4, -0.2) is 66.3 Å². The van der Waals surface area contributed by atoms with Crippen molar-refractivity contribution < 1.29 is 4.79 Å². The molecule has 0 atom stereocenters. The fourth-order valence-electron chi connectivity index (χ4n) is 3.48. The predicted octanol–water partition coefficient (Wildman–Crippen LogP) is 1.92. The highest BCUT2D eigenvalue weighted by Crippen LogP contribution is 2.21. The topological polar surface area (TPSA) is 68.4 Å². The summed E-state index contributed by atoms with van der Waals surface area (Å²) in [6.45, 7) is 2.94. The van der Waals surface area contributed by atoms with Crippen molar-refractivity contribution in [2.24, 2.45) is 0 Å². The van der Waals surface area contributed by atoms with E-state index in [1.165, 1.54) is 0 Å². The third-order valence-electron chi connectivity index (χ3n) is 5.12. The molecule has 0 saturated carbocycles. The molecule has 0 spiro atoms. The molecule has 0 aliphatic carbocycles. The van der Waals surface area contributed by atoms with Gasteiger partial charge in [-0.3, -0.25) is 4.79 Å². The molecule has 1 aliphatic heterocycles. The van der Waals surface area contributed by atoms with E-state index in [9.17, 15) is 4.79 Å². The van der Waals surface area contributed by atoms with Gasteiger partial charge in [0.25, 0.3) is 0 Å². The number of aromatic amines is 1. The number of hydrogen-bond donors (Lipinski definition) is 1. The number of fused-ring (bicyclic) bond motifs is 1. The predicted molar refractivity (Wildman–Crippen MR) is 107 cm³/mol. The first-order valence-corrected chi connectivity index (χ1v) is 9.19. The summed E-state index contributed by atoms with van der Waals surface area (Å²) in [4.78, 5) is 22.1. The monoisotopic (exact) mass is 364 g/mol. The van der Waals surface area contributed by atoms with Gasteiger partial charge in [-0.1, -0.05) is 18.2 Å². The minimum atomic E-state index is 0.174. The van der Waals surface area contributed by atoms with Crippen LogP contribution in [0.3, 0.4) is 0 Å². The first kappa shape index (κ1) is 17.3. The Morgan fingerprint density at radius 3 is 2.74 bits per heavy atom. The minimum absolute atomic E-state index is 0.174. The third-order valence-corrected chi connectivity index (χ3v) is 5.12. The van der Waals surface area contributed by atoms with Crippen LogP contribution in [0.2, 0.25) is 0 Å². The number of hydrogen-bond acceptors (Lipinski definition) is 5. The van der Waals surface area contributed by atoms with Crippen molar-refractivity contribution in [1.29, 1.82) is 0 Å². The van der Waals surface area contributed by atoms with Crippen molar-refractivity contribution in [1.82, 2.24) is 20.1 Å². The zero-order chi connectivity index (χ0) is 18.8. The SMILES string of the molecule is CN(C)c1cnnc(N2CCN(C(=O)Cc3c[nH]c4ccccc34)CC2)c1. The maximum absolute atomic E-state index is 12.8. The van der Waals surface area contributed by atoms with Gasteiger partial charge >= 0.3 is 0 Å². The third kappa shape index (κ3) is 3.58. The molecule has 3 aromatic rings. The molecule has 0 bridgehead atoms. The van der Waals surface area contributed by atoms with Crippen molar-refractivity contribution in [3.63, 3.8) is 0 Å². The summed E-state index contributed by atoms with van der Waals surface area (Å²) in [5.74, 6) is 1.04. The Morgan fingerprint density at radius 2 is 1.96 bits per heavy atom. The highest BCUT2D eigenvalue weighted by molar-refractivity contribution is 5.89. The smallest absolute Gasteiger partial charge is 0.227 e. The van der Waals surface area contributed by atoms with Crippen LogP contribution < -0.4 is 9.80 Å². The molecule has 1 aliphatic rings. The van der Waals surface area contributed by atoms with Crippen LogP contribution in [0.4, 0.5) is 11.5 Å². The number of piperazine rings is 1. The van der Waals surface area contributed by atoms with Gasteiger partial charge in [0.2, 0.25) is 5.91 Å². The molecule has 7 nitrogen and oxygen atoms in total. The number of rotatable bonds is 4. The second-order valence-corrected chi connectivity index (χ2v) is 7.07. The maximum Gasteiger partial charge on any atom is 0.227 e. The lowest BCUT2D eigenvalue weighted by Gasteiger charge is -2.35. The van der Waals surface area contributed by atoms with E-state index < -0.39 is 0 Å². The molecule has 140 valence electrons. The molecule has 0 radical (unpaired) electrons. The number of benzene rings is 1. The van der Waals surface area contributed by atoms with Crippen LogP contribution in [0, 0.1) is 0 Å². The Hall–Kier alpha value is -3.09. The first-order chi connectivity index (χ1) is 13.1. The zero-order valence-electron chi connectivity index (χ0n) is 15.7. The molecule has 3 heterocycles. The molecule has 7 heteroatoms. The average Bonchev–Trinajstić information content (AvgIpc) is 3.11. The number of nitrogens with zero attached hydrogens (tertiary/aromatic N) is 5. The van der Waals surface area contributed by atoms with Crippen molar-refractivity contribution >= 4 is 28.3 Å². The molecule has 1 aromatic carbocycles. The summed E-state index contributed by atoms with van der Waals surface area (Å²) >= 11 is 0. The van der Waals surface area contributed by atoms with Crippen LogP contribution in [0.5, 0.6) is 0 Å². The molecule has 2 aromatic heterocycles. The number of H-pyrrole nitrogens is 1. The second-order valence-electron chi connectivity index (χ2n) is 7.07. The van der Waals surface area contributed by atoms with Gasteiger partial charge in [0.15, 0.2) is 5.82 Å². The Labute approximate surface area is 158 Å². The molecular weight excluding hydrogens is 340 g/mol. The highest BCUT2D eigenvalue weighted by atomic mass is 16.2. The fraction of sp³-hybridized carbons (Fsp3) is 0.350. The number of nitrogens with one attached hydrogen (secondary N) is 1. The molecular formula is C20H24N6O. The lowest BCUT2D eigenvalue weighted by molar-refractivity contribution is -0.130. The first-order valence-electron chi connectivity index (χ1n) is 9.19. The van der Waals surface area contributed by atoms with E-state index in [1.807, 2.05) is 54.4 Å². The van der Waals surface area contributed by atoms with Gasteiger partial charge in [-0.25, -0.2) is 0 Å². The van der Waals surface area contributed by atoms with Gasteiger partial charge in [-0.05, 0) is 11.6 Å². The number of aromatic nitrogens is 3. The second kappa shape index (κ2) is 7.26. The van der Waals surface area contributed by atoms with Gasteiger partial charge in [0.1, 0.15) is 0 Å². The Morgan fingerprint density at radius 1 is 1.19 bits per heavy atom. The quantitative estimate of drug-likeness (QED) is 0.766. The van der Waals surface area contributed by atoms with E-state index in [2.05, 4.69) is 26.1 Å². The summed E-state index contributed by atoms with van der Waals surface area (Å²) in [7, 11) is 3.98. The Balaban J connectivity index is 1.39. The lowest BCUT2D eigenvalue weighted by Crippen LogP contribution is -2.49. The average molecular weight is 364 g/mol. The summed E-state index contributed by atoms with van der Waals surface area (Å²) in [6.07, 6.45) is 4.13. The normalized spacial score (nSPS) is 14.6. The van der Waals surface area contributed by atoms with Gasteiger partial charge in [-0.2, -0.15) is 5.10 Å². The molecule has 27 heavy (non-hydrogen) atoms. The molecule has 1 fully saturated rings. The number of amides is 1. The highest BCUT2D eigenvalue weighted by Gasteiger charge is 2.23. The molecule has 1 amide bonds. The Bertz CT molecular complexity index is 942. The molecule has 4 rings (SSSR count). The van der Waals surface area contributed by atoms with Gasteiger partial charge in [0, 0.05) is 63.4 Å². The number of carbonyl (C=O) groups is 1. The number of carbonyl (C=O) groups excluding carboxylic acids is 1. The summed E-state index contributed by atoms with van der Waals surface area (Å²) in [5, 5.41) is 9.47. The van der Waals surface area contributed by atoms with E-state index in [0.717, 1.165) is 41.1 Å². The van der Waals surface area contributed by atoms with E-state index in [4.69, 9.17) is 0 Å². The van der Waals surface area contributed by atoms with Gasteiger partial charge < -0.3 is 19.7 Å². The standard InChI is InChI=1S/C20H24N6O/c1-24(2)16-12-19(23-22-14-16)25-7-9-26(10-8-25)20(27)11-15-13-21-18-6-4-3-5-17(15)18/h3-6,12-14,21H,7-11H2,1-2H3. The van der Waals surface area contributed by atoms with Gasteiger partial charge in [-0.15, -0.1) is 5.10 Å². The summed E-state index contributed by atoms with van der Waals surface area (Å²) in [5.41, 5.74) is 3.16. The van der Waals surface area contributed by atoms with Crippen LogP contribution in [0.1, 0.15) is 5.56 Å². The van der Waals surface area contributed by atoms with Crippen LogP contribution in [0.15, 0.2) is 42.7 Å². The summed E-state index contributed by atoms with van der Waals surface area (Å²) < 4.78 is 0. The van der Waals surface area contributed by atoms with Crippen molar-refractivity contribution in [3.05, 3.63) is 48.3 Å². The molecule has 1 N–H and O–H groups in total. The van der Waals surface area contributed by atoms with E-state index in [-0.39, 0.29) is 5.91 Å². The lowest BCUT2D eigenvalue weighted by atomic mass is 10.1.